The molecule has 1 aromatic carbocycles. The molecule has 0 unspecified atom stereocenters. The number of thiophene rings is 1. The Kier molecular flexibility index (Phi) is 3.50. The zero-order valence-electron chi connectivity index (χ0n) is 10.8. The smallest absolute Gasteiger partial charge is 0.262 e. The molecule has 0 saturated carbocycles. The number of aromatic nitrogens is 1. The van der Waals surface area contributed by atoms with Gasteiger partial charge in [0.25, 0.3) is 10.0 Å². The van der Waals surface area contributed by atoms with E-state index in [1.54, 1.807) is 23.5 Å². The maximum atomic E-state index is 12.3. The van der Waals surface area contributed by atoms with Crippen LogP contribution in [0.4, 0.5) is 11.5 Å². The van der Waals surface area contributed by atoms with Gasteiger partial charge in [0.15, 0.2) is 0 Å². The fraction of sp³-hybridized carbons (Fsp3) is 0. The Morgan fingerprint density at radius 1 is 1.14 bits per heavy atom. The molecule has 108 valence electrons. The maximum Gasteiger partial charge on any atom is 0.262 e. The molecule has 3 aromatic rings. The number of nitrogen functional groups attached to an aromatic ring is 1. The second-order valence-electron chi connectivity index (χ2n) is 4.30. The van der Waals surface area contributed by atoms with Crippen LogP contribution in [0.3, 0.4) is 0 Å². The normalized spacial score (nSPS) is 11.5. The van der Waals surface area contributed by atoms with E-state index in [1.165, 1.54) is 18.3 Å². The number of nitrogens with one attached hydrogen (secondary N) is 2. The van der Waals surface area contributed by atoms with E-state index < -0.39 is 10.0 Å². The SMILES string of the molecule is NNc1cc(S(=O)(=O)Nc2ccc3sccc3c2)ccn1. The van der Waals surface area contributed by atoms with Crippen LogP contribution in [0.1, 0.15) is 0 Å². The standard InChI is InChI=1S/C13H12N4O2S2/c14-16-13-8-11(3-5-15-13)21(18,19)17-10-1-2-12-9(7-10)4-6-20-12/h1-8,17H,14H2,(H,15,16). The molecular weight excluding hydrogens is 308 g/mol. The van der Waals surface area contributed by atoms with Crippen LogP contribution in [0.25, 0.3) is 10.1 Å². The summed E-state index contributed by atoms with van der Waals surface area (Å²) in [5.74, 6) is 5.52. The fourth-order valence-electron chi connectivity index (χ4n) is 1.90. The first-order valence-corrected chi connectivity index (χ1v) is 8.37. The summed E-state index contributed by atoms with van der Waals surface area (Å²) in [6.45, 7) is 0. The highest BCUT2D eigenvalue weighted by Crippen LogP contribution is 2.25. The van der Waals surface area contributed by atoms with Crippen molar-refractivity contribution in [2.24, 2.45) is 5.84 Å². The van der Waals surface area contributed by atoms with E-state index in [1.807, 2.05) is 17.5 Å². The van der Waals surface area contributed by atoms with Gasteiger partial charge in [0.1, 0.15) is 5.82 Å². The maximum absolute atomic E-state index is 12.3. The molecule has 0 radical (unpaired) electrons. The largest absolute Gasteiger partial charge is 0.308 e. The van der Waals surface area contributed by atoms with Crippen LogP contribution >= 0.6 is 11.3 Å². The molecule has 3 rings (SSSR count). The van der Waals surface area contributed by atoms with Crippen LogP contribution in [0.5, 0.6) is 0 Å². The van der Waals surface area contributed by atoms with Crippen molar-refractivity contribution in [3.63, 3.8) is 0 Å². The van der Waals surface area contributed by atoms with Crippen LogP contribution in [0.15, 0.2) is 52.9 Å². The van der Waals surface area contributed by atoms with E-state index in [-0.39, 0.29) is 10.7 Å². The molecular formula is C13H12N4O2S2. The van der Waals surface area contributed by atoms with E-state index >= 15 is 0 Å². The lowest BCUT2D eigenvalue weighted by Crippen LogP contribution is -2.14. The number of sulfonamides is 1. The van der Waals surface area contributed by atoms with Gasteiger partial charge >= 0.3 is 0 Å². The van der Waals surface area contributed by atoms with Crippen molar-refractivity contribution in [3.05, 3.63) is 48.0 Å². The first kappa shape index (κ1) is 13.8. The minimum Gasteiger partial charge on any atom is -0.308 e. The monoisotopic (exact) mass is 320 g/mol. The van der Waals surface area contributed by atoms with Gasteiger partial charge in [0, 0.05) is 22.7 Å². The third-order valence-electron chi connectivity index (χ3n) is 2.89. The van der Waals surface area contributed by atoms with Crippen LogP contribution < -0.4 is 16.0 Å². The number of hydrogen-bond acceptors (Lipinski definition) is 6. The van der Waals surface area contributed by atoms with Gasteiger partial charge in [-0.1, -0.05) is 0 Å². The topological polar surface area (TPSA) is 97.1 Å². The first-order valence-electron chi connectivity index (χ1n) is 6.01. The molecule has 8 heteroatoms. The second kappa shape index (κ2) is 5.32. The molecule has 0 saturated heterocycles. The minimum atomic E-state index is -3.68. The first-order chi connectivity index (χ1) is 10.1. The number of benzene rings is 1. The lowest BCUT2D eigenvalue weighted by Gasteiger charge is -2.09. The Hall–Kier alpha value is -2.16. The van der Waals surface area contributed by atoms with Crippen molar-refractivity contribution >= 4 is 43.0 Å². The number of fused-ring (bicyclic) bond motifs is 1. The molecule has 0 bridgehead atoms. The Morgan fingerprint density at radius 2 is 2.00 bits per heavy atom. The molecule has 0 aliphatic heterocycles. The molecule has 2 heterocycles. The van der Waals surface area contributed by atoms with Gasteiger partial charge in [-0.05, 0) is 41.1 Å². The molecule has 0 spiro atoms. The molecule has 21 heavy (non-hydrogen) atoms. The number of hydrazine groups is 1. The summed E-state index contributed by atoms with van der Waals surface area (Å²) in [6, 6.07) is 10.1. The fourth-order valence-corrected chi connectivity index (χ4v) is 3.73. The predicted octanol–water partition coefficient (Wildman–Crippen LogP) is 2.38. The zero-order chi connectivity index (χ0) is 14.9. The van der Waals surface area contributed by atoms with Crippen LogP contribution in [0, 0.1) is 0 Å². The lowest BCUT2D eigenvalue weighted by atomic mass is 10.2. The van der Waals surface area contributed by atoms with E-state index in [2.05, 4.69) is 15.1 Å². The minimum absolute atomic E-state index is 0.0934. The Bertz CT molecular complexity index is 890. The number of nitrogens with zero attached hydrogens (tertiary/aromatic N) is 1. The van der Waals surface area contributed by atoms with Crippen molar-refractivity contribution in [1.82, 2.24) is 4.98 Å². The van der Waals surface area contributed by atoms with Crippen molar-refractivity contribution in [2.75, 3.05) is 10.1 Å². The molecule has 0 aliphatic rings. The summed E-state index contributed by atoms with van der Waals surface area (Å²) >= 11 is 1.61. The molecule has 6 nitrogen and oxygen atoms in total. The van der Waals surface area contributed by atoms with E-state index in [4.69, 9.17) is 5.84 Å². The van der Waals surface area contributed by atoms with Crippen molar-refractivity contribution < 1.29 is 8.42 Å². The zero-order valence-corrected chi connectivity index (χ0v) is 12.4. The predicted molar refractivity (Wildman–Crippen MR) is 84.7 cm³/mol. The van der Waals surface area contributed by atoms with Crippen molar-refractivity contribution in [3.8, 4) is 0 Å². The second-order valence-corrected chi connectivity index (χ2v) is 6.93. The highest BCUT2D eigenvalue weighted by atomic mass is 32.2. The van der Waals surface area contributed by atoms with E-state index in [9.17, 15) is 8.42 Å². The number of anilines is 2. The molecule has 4 N–H and O–H groups in total. The number of nitrogens with two attached hydrogens (primary N) is 1. The molecule has 0 atom stereocenters. The summed E-state index contributed by atoms with van der Waals surface area (Å²) in [7, 11) is -3.68. The Labute approximate surface area is 125 Å². The number of hydrogen-bond donors (Lipinski definition) is 3. The molecule has 2 aromatic heterocycles. The number of rotatable bonds is 4. The average molecular weight is 320 g/mol. The van der Waals surface area contributed by atoms with Crippen LogP contribution in [-0.2, 0) is 10.0 Å². The van der Waals surface area contributed by atoms with E-state index in [0.29, 0.717) is 5.69 Å². The Morgan fingerprint density at radius 3 is 2.81 bits per heavy atom. The highest BCUT2D eigenvalue weighted by molar-refractivity contribution is 7.92. The Balaban J connectivity index is 1.94. The summed E-state index contributed by atoms with van der Waals surface area (Å²) in [4.78, 5) is 3.98. The van der Waals surface area contributed by atoms with E-state index in [0.717, 1.165) is 10.1 Å². The van der Waals surface area contributed by atoms with Gasteiger partial charge in [-0.2, -0.15) is 0 Å². The number of pyridine rings is 1. The van der Waals surface area contributed by atoms with Crippen molar-refractivity contribution in [1.29, 1.82) is 0 Å². The summed E-state index contributed by atoms with van der Waals surface area (Å²) in [6.07, 6.45) is 1.38. The average Bonchev–Trinajstić information content (AvgIpc) is 2.94. The quantitative estimate of drug-likeness (QED) is 0.506. The molecule has 0 fully saturated rings. The lowest BCUT2D eigenvalue weighted by molar-refractivity contribution is 0.601. The summed E-state index contributed by atoms with van der Waals surface area (Å²) in [5.41, 5.74) is 2.84. The third-order valence-corrected chi connectivity index (χ3v) is 5.17. The highest BCUT2D eigenvalue weighted by Gasteiger charge is 2.15. The summed E-state index contributed by atoms with van der Waals surface area (Å²) in [5, 5.41) is 2.96. The van der Waals surface area contributed by atoms with Gasteiger partial charge < -0.3 is 5.43 Å². The van der Waals surface area contributed by atoms with Crippen molar-refractivity contribution in [2.45, 2.75) is 4.90 Å². The summed E-state index contributed by atoms with van der Waals surface area (Å²) < 4.78 is 28.3. The van der Waals surface area contributed by atoms with Gasteiger partial charge in [0.05, 0.1) is 4.90 Å². The molecule has 0 amide bonds. The van der Waals surface area contributed by atoms with Crippen LogP contribution in [0.2, 0.25) is 0 Å². The van der Waals surface area contributed by atoms with Gasteiger partial charge in [0.2, 0.25) is 0 Å². The van der Waals surface area contributed by atoms with Crippen LogP contribution in [-0.4, -0.2) is 13.4 Å². The van der Waals surface area contributed by atoms with Gasteiger partial charge in [-0.25, -0.2) is 19.2 Å². The van der Waals surface area contributed by atoms with Gasteiger partial charge in [-0.3, -0.25) is 4.72 Å². The third kappa shape index (κ3) is 2.82. The van der Waals surface area contributed by atoms with Gasteiger partial charge in [-0.15, -0.1) is 11.3 Å². The molecule has 0 aliphatic carbocycles.